The first-order chi connectivity index (χ1) is 7.65. The largest absolute Gasteiger partial charge is 0.466 e. The van der Waals surface area contributed by atoms with E-state index in [1.54, 1.807) is 30.3 Å². The molecule has 1 atom stereocenters. The van der Waals surface area contributed by atoms with Crippen molar-refractivity contribution in [3.63, 3.8) is 0 Å². The van der Waals surface area contributed by atoms with Crippen molar-refractivity contribution >= 4 is 5.97 Å². The van der Waals surface area contributed by atoms with E-state index in [0.717, 1.165) is 0 Å². The zero-order valence-electron chi connectivity index (χ0n) is 9.36. The first kappa shape index (κ1) is 12.3. The number of hydrogen-bond acceptors (Lipinski definition) is 3. The number of hydrogen-bond donors (Lipinski definition) is 1. The molecule has 1 aromatic rings. The van der Waals surface area contributed by atoms with Crippen LogP contribution in [-0.2, 0) is 15.1 Å². The molecular weight excluding hydrogens is 204 g/mol. The van der Waals surface area contributed by atoms with Gasteiger partial charge in [0.25, 0.3) is 0 Å². The topological polar surface area (TPSA) is 46.5 Å². The number of rotatable bonds is 2. The maximum absolute atomic E-state index is 11.6. The Balaban J connectivity index is 3.20. The number of methoxy groups -OCH3 is 1. The summed E-state index contributed by atoms with van der Waals surface area (Å²) in [5.41, 5.74) is -1.45. The first-order valence-corrected chi connectivity index (χ1v) is 5.01. The molecule has 0 aromatic heterocycles. The fourth-order valence-electron chi connectivity index (χ4n) is 1.28. The van der Waals surface area contributed by atoms with E-state index in [-0.39, 0.29) is 0 Å². The zero-order chi connectivity index (χ0) is 12.0. The fourth-order valence-corrected chi connectivity index (χ4v) is 1.28. The maximum atomic E-state index is 11.6. The summed E-state index contributed by atoms with van der Waals surface area (Å²) in [6, 6.07) is 8.55. The van der Waals surface area contributed by atoms with Gasteiger partial charge in [0.2, 0.25) is 5.60 Å². The van der Waals surface area contributed by atoms with Gasteiger partial charge in [-0.2, -0.15) is 0 Å². The molecule has 84 valence electrons. The molecule has 16 heavy (non-hydrogen) atoms. The Kier molecular flexibility index (Phi) is 4.10. The summed E-state index contributed by atoms with van der Waals surface area (Å²) < 4.78 is 4.58. The number of aliphatic hydroxyl groups is 1. The first-order valence-electron chi connectivity index (χ1n) is 5.01. The molecule has 0 amide bonds. The highest BCUT2D eigenvalue weighted by molar-refractivity contribution is 5.85. The van der Waals surface area contributed by atoms with Crippen LogP contribution < -0.4 is 0 Å². The third-order valence-electron chi connectivity index (χ3n) is 2.12. The minimum atomic E-state index is -1.87. The molecule has 0 saturated heterocycles. The summed E-state index contributed by atoms with van der Waals surface area (Å²) in [7, 11) is 1.23. The number of carbonyl (C=O) groups excluding carboxylic acids is 1. The maximum Gasteiger partial charge on any atom is 0.355 e. The molecule has 0 aliphatic carbocycles. The lowest BCUT2D eigenvalue weighted by atomic mass is 9.94. The van der Waals surface area contributed by atoms with Gasteiger partial charge in [-0.1, -0.05) is 49.1 Å². The quantitative estimate of drug-likeness (QED) is 0.604. The second-order valence-corrected chi connectivity index (χ2v) is 3.22. The Morgan fingerprint density at radius 1 is 1.44 bits per heavy atom. The second-order valence-electron chi connectivity index (χ2n) is 3.22. The van der Waals surface area contributed by atoms with Gasteiger partial charge in [0.05, 0.1) is 7.11 Å². The molecule has 0 saturated carbocycles. The molecule has 1 N–H and O–H groups in total. The lowest BCUT2D eigenvalue weighted by Crippen LogP contribution is -2.35. The molecule has 1 unspecified atom stereocenters. The highest BCUT2D eigenvalue weighted by Crippen LogP contribution is 2.21. The summed E-state index contributed by atoms with van der Waals surface area (Å²) in [4.78, 5) is 11.6. The lowest BCUT2D eigenvalue weighted by Gasteiger charge is -2.19. The molecule has 0 spiro atoms. The number of ether oxygens (including phenoxy) is 1. The van der Waals surface area contributed by atoms with Crippen LogP contribution in [0.1, 0.15) is 18.9 Å². The molecule has 3 nitrogen and oxygen atoms in total. The van der Waals surface area contributed by atoms with Crippen LogP contribution in [0.15, 0.2) is 30.3 Å². The van der Waals surface area contributed by atoms with Crippen molar-refractivity contribution in [3.05, 3.63) is 35.9 Å². The molecule has 0 heterocycles. The van der Waals surface area contributed by atoms with Crippen LogP contribution in [0.3, 0.4) is 0 Å². The average Bonchev–Trinajstić information content (AvgIpc) is 2.36. The van der Waals surface area contributed by atoms with Gasteiger partial charge in [0.1, 0.15) is 0 Å². The van der Waals surface area contributed by atoms with E-state index in [1.807, 2.05) is 6.92 Å². The molecule has 3 heteroatoms. The highest BCUT2D eigenvalue weighted by atomic mass is 16.5. The van der Waals surface area contributed by atoms with Gasteiger partial charge in [-0.25, -0.2) is 4.79 Å². The minimum Gasteiger partial charge on any atom is -0.466 e. The van der Waals surface area contributed by atoms with E-state index in [1.165, 1.54) is 7.11 Å². The Bertz CT molecular complexity index is 414. The third-order valence-corrected chi connectivity index (χ3v) is 2.12. The SMILES string of the molecule is CCC#CC(O)(C(=O)OC)c1ccccc1. The van der Waals surface area contributed by atoms with Crippen LogP contribution in [-0.4, -0.2) is 18.2 Å². The van der Waals surface area contributed by atoms with E-state index < -0.39 is 11.6 Å². The molecule has 0 fully saturated rings. The van der Waals surface area contributed by atoms with Crippen LogP contribution >= 0.6 is 0 Å². The van der Waals surface area contributed by atoms with Crippen molar-refractivity contribution in [2.24, 2.45) is 0 Å². The van der Waals surface area contributed by atoms with Crippen LogP contribution in [0.5, 0.6) is 0 Å². The smallest absolute Gasteiger partial charge is 0.355 e. The minimum absolute atomic E-state index is 0.419. The van der Waals surface area contributed by atoms with Crippen molar-refractivity contribution < 1.29 is 14.6 Å². The van der Waals surface area contributed by atoms with Crippen LogP contribution in [0, 0.1) is 11.8 Å². The van der Waals surface area contributed by atoms with Gasteiger partial charge >= 0.3 is 5.97 Å². The monoisotopic (exact) mass is 218 g/mol. The molecular formula is C13H14O3. The second kappa shape index (κ2) is 5.34. The van der Waals surface area contributed by atoms with E-state index in [4.69, 9.17) is 0 Å². The summed E-state index contributed by atoms with van der Waals surface area (Å²) in [5.74, 6) is 4.48. The number of carbonyl (C=O) groups is 1. The van der Waals surface area contributed by atoms with Gasteiger partial charge < -0.3 is 9.84 Å². The predicted molar refractivity (Wildman–Crippen MR) is 60.4 cm³/mol. The third kappa shape index (κ3) is 2.41. The van der Waals surface area contributed by atoms with E-state index in [9.17, 15) is 9.90 Å². The molecule has 0 aliphatic rings. The van der Waals surface area contributed by atoms with Crippen molar-refractivity contribution in [2.45, 2.75) is 18.9 Å². The fraction of sp³-hybridized carbons (Fsp3) is 0.308. The molecule has 1 aromatic carbocycles. The van der Waals surface area contributed by atoms with Gasteiger partial charge in [-0.3, -0.25) is 0 Å². The normalized spacial score (nSPS) is 13.2. The Morgan fingerprint density at radius 2 is 2.06 bits per heavy atom. The van der Waals surface area contributed by atoms with Gasteiger partial charge in [-0.05, 0) is 0 Å². The Hall–Kier alpha value is -1.79. The van der Waals surface area contributed by atoms with E-state index >= 15 is 0 Å². The Morgan fingerprint density at radius 3 is 2.56 bits per heavy atom. The van der Waals surface area contributed by atoms with Crippen molar-refractivity contribution in [2.75, 3.05) is 7.11 Å². The average molecular weight is 218 g/mol. The van der Waals surface area contributed by atoms with Crippen molar-refractivity contribution in [3.8, 4) is 11.8 Å². The number of benzene rings is 1. The summed E-state index contributed by atoms with van der Waals surface area (Å²) in [6.07, 6.45) is 0.562. The lowest BCUT2D eigenvalue weighted by molar-refractivity contribution is -0.157. The summed E-state index contributed by atoms with van der Waals surface area (Å²) in [5, 5.41) is 10.2. The molecule has 0 radical (unpaired) electrons. The van der Waals surface area contributed by atoms with E-state index in [2.05, 4.69) is 16.6 Å². The van der Waals surface area contributed by atoms with Crippen molar-refractivity contribution in [1.82, 2.24) is 0 Å². The molecule has 0 aliphatic heterocycles. The predicted octanol–water partition coefficient (Wildman–Crippen LogP) is 1.46. The van der Waals surface area contributed by atoms with E-state index in [0.29, 0.717) is 12.0 Å². The standard InChI is InChI=1S/C13H14O3/c1-3-4-10-13(15,12(14)16-2)11-8-6-5-7-9-11/h5-9,15H,3H2,1-2H3. The highest BCUT2D eigenvalue weighted by Gasteiger charge is 2.37. The van der Waals surface area contributed by atoms with Crippen molar-refractivity contribution in [1.29, 1.82) is 0 Å². The zero-order valence-corrected chi connectivity index (χ0v) is 9.36. The van der Waals surface area contributed by atoms with Gasteiger partial charge in [0.15, 0.2) is 0 Å². The van der Waals surface area contributed by atoms with Crippen LogP contribution in [0.2, 0.25) is 0 Å². The number of esters is 1. The van der Waals surface area contributed by atoms with Crippen LogP contribution in [0.4, 0.5) is 0 Å². The summed E-state index contributed by atoms with van der Waals surface area (Å²) in [6.45, 7) is 1.84. The Labute approximate surface area is 95.1 Å². The van der Waals surface area contributed by atoms with Crippen LogP contribution in [0.25, 0.3) is 0 Å². The molecule has 0 bridgehead atoms. The summed E-state index contributed by atoms with van der Waals surface area (Å²) >= 11 is 0. The molecule has 1 rings (SSSR count). The van der Waals surface area contributed by atoms with Gasteiger partial charge in [0, 0.05) is 12.0 Å². The van der Waals surface area contributed by atoms with Gasteiger partial charge in [-0.15, -0.1) is 0 Å².